The van der Waals surface area contributed by atoms with Crippen molar-refractivity contribution in [3.8, 4) is 22.8 Å². The van der Waals surface area contributed by atoms with Crippen LogP contribution in [-0.4, -0.2) is 40.8 Å². The van der Waals surface area contributed by atoms with Gasteiger partial charge in [-0.15, -0.1) is 20.4 Å². The fraction of sp³-hybridized carbons (Fsp3) is 0.0667. The van der Waals surface area contributed by atoms with Crippen molar-refractivity contribution in [1.29, 1.82) is 0 Å². The Morgan fingerprint density at radius 3 is 1.80 bits per heavy atom. The molecule has 0 atom stereocenters. The summed E-state index contributed by atoms with van der Waals surface area (Å²) in [5, 5.41) is 25.3. The number of nitrogens with zero attached hydrogens (tertiary/aromatic N) is 7. The Balaban J connectivity index is 0.000000146. The highest BCUT2D eigenvalue weighted by Crippen LogP contribution is 2.17. The van der Waals surface area contributed by atoms with Crippen molar-refractivity contribution in [3.05, 3.63) is 57.5 Å². The van der Waals surface area contributed by atoms with E-state index in [1.54, 1.807) is 7.05 Å². The summed E-state index contributed by atoms with van der Waals surface area (Å²) in [5.74, 6) is 1.26. The molecule has 0 saturated heterocycles. The van der Waals surface area contributed by atoms with Crippen LogP contribution in [0.3, 0.4) is 0 Å². The van der Waals surface area contributed by atoms with E-state index in [9.17, 15) is 0 Å². The van der Waals surface area contributed by atoms with Crippen LogP contribution in [0.4, 0.5) is 0 Å². The highest BCUT2D eigenvalue weighted by molar-refractivity contribution is 9.10. The molecule has 0 amide bonds. The number of benzene rings is 2. The number of rotatable bonds is 2. The minimum atomic E-state index is 0.613. The Morgan fingerprint density at radius 2 is 1.36 bits per heavy atom. The largest absolute Gasteiger partial charge is 0.204 e. The van der Waals surface area contributed by atoms with Gasteiger partial charge in [-0.1, -0.05) is 31.9 Å². The number of nitrogens with one attached hydrogen (secondary N) is 1. The van der Waals surface area contributed by atoms with Crippen LogP contribution in [0.25, 0.3) is 22.8 Å². The lowest BCUT2D eigenvalue weighted by atomic mass is 10.2. The van der Waals surface area contributed by atoms with Crippen LogP contribution >= 0.6 is 31.9 Å². The predicted molar refractivity (Wildman–Crippen MR) is 99.2 cm³/mol. The van der Waals surface area contributed by atoms with E-state index >= 15 is 0 Å². The molecule has 2 aromatic heterocycles. The molecule has 2 heterocycles. The minimum Gasteiger partial charge on any atom is -0.177 e. The summed E-state index contributed by atoms with van der Waals surface area (Å²) < 4.78 is 2.08. The molecule has 0 radical (unpaired) electrons. The number of aromatic amines is 1. The highest BCUT2D eigenvalue weighted by Gasteiger charge is 2.02. The quantitative estimate of drug-likeness (QED) is 0.489. The van der Waals surface area contributed by atoms with Crippen LogP contribution < -0.4 is 0 Å². The van der Waals surface area contributed by atoms with E-state index in [2.05, 4.69) is 67.9 Å². The Hall–Kier alpha value is -2.46. The first-order valence-corrected chi connectivity index (χ1v) is 8.70. The number of aromatic nitrogens is 8. The van der Waals surface area contributed by atoms with Crippen molar-refractivity contribution in [2.45, 2.75) is 0 Å². The van der Waals surface area contributed by atoms with Crippen LogP contribution in [0.15, 0.2) is 57.5 Å². The summed E-state index contributed by atoms with van der Waals surface area (Å²) in [4.78, 5) is 1.44. The first-order valence-electron chi connectivity index (χ1n) is 7.11. The Morgan fingerprint density at radius 1 is 0.800 bits per heavy atom. The minimum absolute atomic E-state index is 0.613. The van der Waals surface area contributed by atoms with Crippen molar-refractivity contribution in [1.82, 2.24) is 40.8 Å². The molecule has 126 valence electrons. The lowest BCUT2D eigenvalue weighted by Gasteiger charge is -1.93. The Kier molecular flexibility index (Phi) is 5.61. The molecular weight excluding hydrogens is 452 g/mol. The van der Waals surface area contributed by atoms with Gasteiger partial charge in [-0.25, -0.2) is 0 Å². The number of H-pyrrole nitrogens is 1. The van der Waals surface area contributed by atoms with Crippen molar-refractivity contribution in [2.75, 3.05) is 0 Å². The molecule has 0 aliphatic carbocycles. The van der Waals surface area contributed by atoms with Crippen molar-refractivity contribution in [3.63, 3.8) is 0 Å². The first-order chi connectivity index (χ1) is 12.1. The summed E-state index contributed by atoms with van der Waals surface area (Å²) in [6.07, 6.45) is 0. The molecule has 0 saturated carbocycles. The molecule has 0 aliphatic heterocycles. The third-order valence-electron chi connectivity index (χ3n) is 3.06. The van der Waals surface area contributed by atoms with Gasteiger partial charge in [0.25, 0.3) is 0 Å². The maximum atomic E-state index is 4.09. The highest BCUT2D eigenvalue weighted by atomic mass is 79.9. The maximum Gasteiger partial charge on any atom is 0.204 e. The molecule has 0 bridgehead atoms. The van der Waals surface area contributed by atoms with E-state index in [0.29, 0.717) is 11.6 Å². The SMILES string of the molecule is Brc1ccc(-c2nn[nH]n2)cc1.Cn1nnc(-c2ccc(Br)cc2)n1. The maximum absolute atomic E-state index is 4.09. The van der Waals surface area contributed by atoms with Crippen LogP contribution in [-0.2, 0) is 7.05 Å². The van der Waals surface area contributed by atoms with Gasteiger partial charge in [-0.2, -0.15) is 10.0 Å². The number of aryl methyl sites for hydroxylation is 1. The van der Waals surface area contributed by atoms with Gasteiger partial charge in [0.15, 0.2) is 0 Å². The molecule has 0 fully saturated rings. The van der Waals surface area contributed by atoms with E-state index in [4.69, 9.17) is 0 Å². The van der Waals surface area contributed by atoms with Crippen LogP contribution in [0, 0.1) is 0 Å². The zero-order chi connectivity index (χ0) is 17.6. The van der Waals surface area contributed by atoms with Gasteiger partial charge in [-0.3, -0.25) is 0 Å². The smallest absolute Gasteiger partial charge is 0.177 e. The standard InChI is InChI=1S/C8H7BrN4.C7H5BrN4/c1-13-11-8(10-12-13)6-2-4-7(9)5-3-6;8-6-3-1-5(2-4-6)7-9-11-12-10-7/h2-5H,1H3;1-4H,(H,9,10,11,12). The molecule has 4 rings (SSSR count). The zero-order valence-electron chi connectivity index (χ0n) is 13.0. The molecule has 1 N–H and O–H groups in total. The molecule has 4 aromatic rings. The number of halogens is 2. The van der Waals surface area contributed by atoms with Crippen LogP contribution in [0.1, 0.15) is 0 Å². The first kappa shape index (κ1) is 17.4. The lowest BCUT2D eigenvalue weighted by Crippen LogP contribution is -1.91. The van der Waals surface area contributed by atoms with E-state index in [0.717, 1.165) is 20.1 Å². The molecule has 8 nitrogen and oxygen atoms in total. The van der Waals surface area contributed by atoms with Crippen molar-refractivity contribution < 1.29 is 0 Å². The van der Waals surface area contributed by atoms with Gasteiger partial charge in [0.1, 0.15) is 0 Å². The monoisotopic (exact) mass is 462 g/mol. The molecule has 10 heteroatoms. The van der Waals surface area contributed by atoms with Crippen molar-refractivity contribution >= 4 is 31.9 Å². The predicted octanol–water partition coefficient (Wildman–Crippen LogP) is 3.27. The van der Waals surface area contributed by atoms with Gasteiger partial charge in [0.2, 0.25) is 11.6 Å². The molecule has 25 heavy (non-hydrogen) atoms. The summed E-state index contributed by atoms with van der Waals surface area (Å²) in [6.45, 7) is 0. The number of hydrogen-bond acceptors (Lipinski definition) is 6. The van der Waals surface area contributed by atoms with Gasteiger partial charge in [0, 0.05) is 20.1 Å². The third kappa shape index (κ3) is 4.77. The molecule has 0 aliphatic rings. The van der Waals surface area contributed by atoms with Gasteiger partial charge >= 0.3 is 0 Å². The van der Waals surface area contributed by atoms with E-state index < -0.39 is 0 Å². The fourth-order valence-corrected chi connectivity index (χ4v) is 2.41. The summed E-state index contributed by atoms with van der Waals surface area (Å²) in [5.41, 5.74) is 1.92. The molecular formula is C15H12Br2N8. The van der Waals surface area contributed by atoms with Gasteiger partial charge in [0.05, 0.1) is 7.05 Å². The van der Waals surface area contributed by atoms with Crippen LogP contribution in [0.2, 0.25) is 0 Å². The number of hydrogen-bond donors (Lipinski definition) is 1. The molecule has 0 spiro atoms. The summed E-state index contributed by atoms with van der Waals surface area (Å²) in [7, 11) is 1.75. The second-order valence-electron chi connectivity index (χ2n) is 4.85. The average Bonchev–Trinajstić information content (AvgIpc) is 3.29. The summed E-state index contributed by atoms with van der Waals surface area (Å²) >= 11 is 6.71. The second kappa shape index (κ2) is 8.08. The van der Waals surface area contributed by atoms with Crippen molar-refractivity contribution in [2.24, 2.45) is 7.05 Å². The fourth-order valence-electron chi connectivity index (χ4n) is 1.88. The third-order valence-corrected chi connectivity index (χ3v) is 4.12. The molecule has 0 unspecified atom stereocenters. The summed E-state index contributed by atoms with van der Waals surface area (Å²) in [6, 6.07) is 15.5. The van der Waals surface area contributed by atoms with E-state index in [1.165, 1.54) is 4.80 Å². The Bertz CT molecular complexity index is 917. The van der Waals surface area contributed by atoms with E-state index in [1.807, 2.05) is 48.5 Å². The lowest BCUT2D eigenvalue weighted by molar-refractivity contribution is 0.630. The second-order valence-corrected chi connectivity index (χ2v) is 6.68. The average molecular weight is 464 g/mol. The number of tetrazole rings is 2. The normalized spacial score (nSPS) is 10.2. The zero-order valence-corrected chi connectivity index (χ0v) is 16.2. The van der Waals surface area contributed by atoms with Crippen LogP contribution in [0.5, 0.6) is 0 Å². The Labute approximate surface area is 159 Å². The topological polar surface area (TPSA) is 98.1 Å². The van der Waals surface area contributed by atoms with Gasteiger partial charge < -0.3 is 0 Å². The van der Waals surface area contributed by atoms with E-state index in [-0.39, 0.29) is 0 Å². The molecule has 2 aromatic carbocycles. The van der Waals surface area contributed by atoms with Gasteiger partial charge in [-0.05, 0) is 59.0 Å².